The van der Waals surface area contributed by atoms with Crippen LogP contribution in [0.4, 0.5) is 5.69 Å². The first-order valence-electron chi connectivity index (χ1n) is 10.4. The van der Waals surface area contributed by atoms with Crippen LogP contribution >= 0.6 is 11.8 Å². The number of amides is 2. The number of rotatable bonds is 7. The standard InChI is InChI=1S/C24H30N2O2S/c1-17-9-8-13-21(18(17)2)26-24(28)20-12-6-7-14-22(20)29-16-23(27)25-15-19-10-4-3-5-11-19/h6-9,12-14,19H,3-5,10-11,15-16H2,1-2H3,(H,25,27)(H,26,28). The van der Waals surface area contributed by atoms with E-state index in [1.54, 1.807) is 0 Å². The van der Waals surface area contributed by atoms with E-state index in [2.05, 4.69) is 10.6 Å². The van der Waals surface area contributed by atoms with E-state index in [4.69, 9.17) is 0 Å². The number of carbonyl (C=O) groups excluding carboxylic acids is 2. The fraction of sp³-hybridized carbons (Fsp3) is 0.417. The Morgan fingerprint density at radius 1 is 1.00 bits per heavy atom. The van der Waals surface area contributed by atoms with Crippen molar-refractivity contribution >= 4 is 29.3 Å². The van der Waals surface area contributed by atoms with Gasteiger partial charge in [-0.1, -0.05) is 43.5 Å². The summed E-state index contributed by atoms with van der Waals surface area (Å²) in [6, 6.07) is 13.3. The molecule has 0 radical (unpaired) electrons. The maximum absolute atomic E-state index is 12.9. The number of benzene rings is 2. The Morgan fingerprint density at radius 3 is 2.55 bits per heavy atom. The first-order valence-corrected chi connectivity index (χ1v) is 11.4. The van der Waals surface area contributed by atoms with Gasteiger partial charge in [-0.2, -0.15) is 0 Å². The third kappa shape index (κ3) is 6.10. The highest BCUT2D eigenvalue weighted by atomic mass is 32.2. The molecule has 3 rings (SSSR count). The number of anilines is 1. The van der Waals surface area contributed by atoms with Crippen molar-refractivity contribution in [2.75, 3.05) is 17.6 Å². The molecule has 1 saturated carbocycles. The van der Waals surface area contributed by atoms with Crippen molar-refractivity contribution in [1.82, 2.24) is 5.32 Å². The monoisotopic (exact) mass is 410 g/mol. The summed E-state index contributed by atoms with van der Waals surface area (Å²) in [5.41, 5.74) is 3.62. The van der Waals surface area contributed by atoms with Gasteiger partial charge in [-0.25, -0.2) is 0 Å². The molecule has 1 fully saturated rings. The van der Waals surface area contributed by atoms with Gasteiger partial charge in [-0.05, 0) is 61.9 Å². The van der Waals surface area contributed by atoms with Gasteiger partial charge in [0.1, 0.15) is 0 Å². The van der Waals surface area contributed by atoms with Crippen LogP contribution in [0.25, 0.3) is 0 Å². The zero-order valence-electron chi connectivity index (χ0n) is 17.3. The molecule has 5 heteroatoms. The van der Waals surface area contributed by atoms with Gasteiger partial charge in [-0.15, -0.1) is 11.8 Å². The first-order chi connectivity index (χ1) is 14.0. The molecule has 2 aromatic carbocycles. The number of carbonyl (C=O) groups is 2. The summed E-state index contributed by atoms with van der Waals surface area (Å²) in [6.07, 6.45) is 6.31. The molecule has 0 saturated heterocycles. The Hall–Kier alpha value is -2.27. The van der Waals surface area contributed by atoms with Crippen molar-refractivity contribution in [2.24, 2.45) is 5.92 Å². The van der Waals surface area contributed by atoms with Crippen molar-refractivity contribution in [1.29, 1.82) is 0 Å². The van der Waals surface area contributed by atoms with Crippen molar-refractivity contribution in [2.45, 2.75) is 50.8 Å². The molecule has 2 amide bonds. The number of hydrogen-bond donors (Lipinski definition) is 2. The maximum atomic E-state index is 12.9. The quantitative estimate of drug-likeness (QED) is 0.606. The molecule has 0 aliphatic heterocycles. The van der Waals surface area contributed by atoms with E-state index in [9.17, 15) is 9.59 Å². The third-order valence-electron chi connectivity index (χ3n) is 5.66. The zero-order chi connectivity index (χ0) is 20.6. The molecule has 4 nitrogen and oxygen atoms in total. The number of hydrogen-bond acceptors (Lipinski definition) is 3. The summed E-state index contributed by atoms with van der Waals surface area (Å²) in [5.74, 6) is 0.823. The fourth-order valence-corrected chi connectivity index (χ4v) is 4.58. The van der Waals surface area contributed by atoms with Crippen LogP contribution in [0.5, 0.6) is 0 Å². The van der Waals surface area contributed by atoms with Crippen LogP contribution in [0.2, 0.25) is 0 Å². The van der Waals surface area contributed by atoms with Gasteiger partial charge < -0.3 is 10.6 Å². The van der Waals surface area contributed by atoms with Crippen molar-refractivity contribution in [3.8, 4) is 0 Å². The highest BCUT2D eigenvalue weighted by Gasteiger charge is 2.16. The average molecular weight is 411 g/mol. The Bertz CT molecular complexity index is 860. The second-order valence-electron chi connectivity index (χ2n) is 7.79. The minimum Gasteiger partial charge on any atom is -0.355 e. The van der Waals surface area contributed by atoms with E-state index < -0.39 is 0 Å². The van der Waals surface area contributed by atoms with E-state index in [1.807, 2.05) is 56.3 Å². The highest BCUT2D eigenvalue weighted by molar-refractivity contribution is 8.00. The molecule has 0 bridgehead atoms. The van der Waals surface area contributed by atoms with E-state index in [0.29, 0.717) is 17.2 Å². The lowest BCUT2D eigenvalue weighted by Crippen LogP contribution is -2.31. The number of nitrogens with one attached hydrogen (secondary N) is 2. The van der Waals surface area contributed by atoms with E-state index in [-0.39, 0.29) is 11.8 Å². The molecule has 1 aliphatic rings. The van der Waals surface area contributed by atoms with Crippen molar-refractivity contribution in [3.63, 3.8) is 0 Å². The summed E-state index contributed by atoms with van der Waals surface area (Å²) in [7, 11) is 0. The minimum absolute atomic E-state index is 0.0327. The molecule has 2 N–H and O–H groups in total. The summed E-state index contributed by atoms with van der Waals surface area (Å²) in [4.78, 5) is 26.0. The summed E-state index contributed by atoms with van der Waals surface area (Å²) < 4.78 is 0. The molecular formula is C24H30N2O2S. The smallest absolute Gasteiger partial charge is 0.256 e. The normalized spacial score (nSPS) is 14.4. The largest absolute Gasteiger partial charge is 0.355 e. The van der Waals surface area contributed by atoms with Crippen molar-refractivity contribution < 1.29 is 9.59 Å². The van der Waals surface area contributed by atoms with Crippen LogP contribution in [-0.4, -0.2) is 24.1 Å². The lowest BCUT2D eigenvalue weighted by molar-refractivity contribution is -0.118. The first kappa shape index (κ1) is 21.4. The summed E-state index contributed by atoms with van der Waals surface area (Å²) >= 11 is 1.42. The SMILES string of the molecule is Cc1cccc(NC(=O)c2ccccc2SCC(=O)NCC2CCCCC2)c1C. The lowest BCUT2D eigenvalue weighted by atomic mass is 9.89. The van der Waals surface area contributed by atoms with Crippen LogP contribution < -0.4 is 10.6 Å². The summed E-state index contributed by atoms with van der Waals surface area (Å²) in [5, 5.41) is 6.08. The predicted molar refractivity (Wildman–Crippen MR) is 121 cm³/mol. The second kappa shape index (κ2) is 10.5. The van der Waals surface area contributed by atoms with Gasteiger partial charge in [0.2, 0.25) is 5.91 Å². The minimum atomic E-state index is -0.149. The third-order valence-corrected chi connectivity index (χ3v) is 6.73. The van der Waals surface area contributed by atoms with Gasteiger partial charge in [0, 0.05) is 17.1 Å². The molecule has 2 aromatic rings. The summed E-state index contributed by atoms with van der Waals surface area (Å²) in [6.45, 7) is 4.80. The Labute approximate surface area is 177 Å². The number of aryl methyl sites for hydroxylation is 1. The molecule has 0 aromatic heterocycles. The molecule has 29 heavy (non-hydrogen) atoms. The lowest BCUT2D eigenvalue weighted by Gasteiger charge is -2.21. The predicted octanol–water partition coefficient (Wildman–Crippen LogP) is 5.34. The molecular weight excluding hydrogens is 380 g/mol. The average Bonchev–Trinajstić information content (AvgIpc) is 2.75. The van der Waals surface area contributed by atoms with Crippen molar-refractivity contribution in [3.05, 3.63) is 59.2 Å². The highest BCUT2D eigenvalue weighted by Crippen LogP contribution is 2.26. The van der Waals surface area contributed by atoms with Gasteiger partial charge in [0.05, 0.1) is 11.3 Å². The van der Waals surface area contributed by atoms with Crippen LogP contribution in [-0.2, 0) is 4.79 Å². The molecule has 0 heterocycles. The fourth-order valence-electron chi connectivity index (χ4n) is 3.70. The van der Waals surface area contributed by atoms with Gasteiger partial charge in [0.25, 0.3) is 5.91 Å². The van der Waals surface area contributed by atoms with E-state index >= 15 is 0 Å². The van der Waals surface area contributed by atoms with Gasteiger partial charge >= 0.3 is 0 Å². The van der Waals surface area contributed by atoms with E-state index in [0.717, 1.165) is 28.3 Å². The molecule has 0 spiro atoms. The molecule has 0 atom stereocenters. The van der Waals surface area contributed by atoms with Crippen LogP contribution in [0, 0.1) is 19.8 Å². The van der Waals surface area contributed by atoms with Crippen LogP contribution in [0.15, 0.2) is 47.4 Å². The maximum Gasteiger partial charge on any atom is 0.256 e. The topological polar surface area (TPSA) is 58.2 Å². The number of thioether (sulfide) groups is 1. The van der Waals surface area contributed by atoms with Crippen LogP contribution in [0.1, 0.15) is 53.6 Å². The zero-order valence-corrected chi connectivity index (χ0v) is 18.1. The molecule has 0 unspecified atom stereocenters. The van der Waals surface area contributed by atoms with Gasteiger partial charge in [-0.3, -0.25) is 9.59 Å². The molecule has 154 valence electrons. The Morgan fingerprint density at radius 2 is 1.76 bits per heavy atom. The second-order valence-corrected chi connectivity index (χ2v) is 8.81. The Balaban J connectivity index is 1.57. The van der Waals surface area contributed by atoms with Crippen LogP contribution in [0.3, 0.4) is 0 Å². The molecule has 1 aliphatic carbocycles. The Kier molecular flexibility index (Phi) is 7.76. The van der Waals surface area contributed by atoms with Gasteiger partial charge in [0.15, 0.2) is 0 Å². The van der Waals surface area contributed by atoms with E-state index in [1.165, 1.54) is 43.9 Å².